The number of benzene rings is 2. The molecule has 0 saturated carbocycles. The fourth-order valence-corrected chi connectivity index (χ4v) is 2.61. The fraction of sp³-hybridized carbons (Fsp3) is 0.0667. The SMILES string of the molecule is O=C1NC(c2ccccc2)(c2ccccc2)C(=O)N1Cl. The smallest absolute Gasteiger partial charge is 0.314 e. The highest BCUT2D eigenvalue weighted by Gasteiger charge is 2.53. The predicted molar refractivity (Wildman–Crippen MR) is 74.9 cm³/mol. The quantitative estimate of drug-likeness (QED) is 0.681. The molecule has 2 aromatic carbocycles. The summed E-state index contributed by atoms with van der Waals surface area (Å²) in [6.07, 6.45) is 0. The number of urea groups is 1. The second-order valence-corrected chi connectivity index (χ2v) is 4.84. The Bertz CT molecular complexity index is 619. The summed E-state index contributed by atoms with van der Waals surface area (Å²) < 4.78 is 0.597. The van der Waals surface area contributed by atoms with Crippen LogP contribution in [-0.2, 0) is 10.3 Å². The minimum atomic E-state index is -1.26. The van der Waals surface area contributed by atoms with Crippen molar-refractivity contribution < 1.29 is 9.59 Å². The molecule has 1 N–H and O–H groups in total. The summed E-state index contributed by atoms with van der Waals surface area (Å²) in [5.74, 6) is -0.499. The van der Waals surface area contributed by atoms with Gasteiger partial charge in [0.2, 0.25) is 0 Å². The molecule has 100 valence electrons. The highest BCUT2D eigenvalue weighted by atomic mass is 35.5. The molecule has 1 heterocycles. The number of hydrogen-bond donors (Lipinski definition) is 1. The standard InChI is InChI=1S/C15H11ClN2O2/c16-18-13(19)15(17-14(18)20,11-7-3-1-4-8-11)12-9-5-2-6-10-12/h1-10H,(H,17,20). The molecule has 0 bridgehead atoms. The molecule has 0 aromatic heterocycles. The minimum Gasteiger partial charge on any atom is -0.314 e. The normalized spacial score (nSPS) is 17.1. The molecule has 3 rings (SSSR count). The lowest BCUT2D eigenvalue weighted by molar-refractivity contribution is -0.127. The van der Waals surface area contributed by atoms with E-state index in [4.69, 9.17) is 11.8 Å². The number of rotatable bonds is 2. The molecule has 20 heavy (non-hydrogen) atoms. The van der Waals surface area contributed by atoms with Gasteiger partial charge >= 0.3 is 6.03 Å². The summed E-state index contributed by atoms with van der Waals surface area (Å²) in [7, 11) is 0. The number of hydrogen-bond acceptors (Lipinski definition) is 2. The first-order chi connectivity index (χ1) is 9.66. The molecule has 5 heteroatoms. The number of halogens is 1. The first kappa shape index (κ1) is 12.7. The van der Waals surface area contributed by atoms with E-state index in [1.54, 1.807) is 24.3 Å². The topological polar surface area (TPSA) is 49.4 Å². The van der Waals surface area contributed by atoms with Gasteiger partial charge in [-0.15, -0.1) is 0 Å². The molecule has 0 radical (unpaired) electrons. The number of imide groups is 1. The Hall–Kier alpha value is -2.33. The van der Waals surface area contributed by atoms with Crippen molar-refractivity contribution in [2.75, 3.05) is 0 Å². The van der Waals surface area contributed by atoms with Crippen molar-refractivity contribution in [2.24, 2.45) is 0 Å². The van der Waals surface area contributed by atoms with Gasteiger partial charge in [-0.2, -0.15) is 4.42 Å². The van der Waals surface area contributed by atoms with E-state index in [9.17, 15) is 9.59 Å². The third-order valence-electron chi connectivity index (χ3n) is 3.39. The number of nitrogens with zero attached hydrogens (tertiary/aromatic N) is 1. The van der Waals surface area contributed by atoms with Crippen molar-refractivity contribution >= 4 is 23.7 Å². The van der Waals surface area contributed by atoms with Crippen LogP contribution in [0.4, 0.5) is 4.79 Å². The highest BCUT2D eigenvalue weighted by Crippen LogP contribution is 2.36. The van der Waals surface area contributed by atoms with Crippen LogP contribution in [0, 0.1) is 0 Å². The number of carbonyl (C=O) groups excluding carboxylic acids is 2. The van der Waals surface area contributed by atoms with Crippen molar-refractivity contribution in [1.82, 2.24) is 9.74 Å². The zero-order valence-corrected chi connectivity index (χ0v) is 11.2. The van der Waals surface area contributed by atoms with Crippen LogP contribution in [0.3, 0.4) is 0 Å². The lowest BCUT2D eigenvalue weighted by Crippen LogP contribution is -2.44. The summed E-state index contributed by atoms with van der Waals surface area (Å²) in [6.45, 7) is 0. The van der Waals surface area contributed by atoms with Crippen molar-refractivity contribution in [3.05, 3.63) is 71.8 Å². The summed E-state index contributed by atoms with van der Waals surface area (Å²) in [5.41, 5.74) is 0.0850. The van der Waals surface area contributed by atoms with Gasteiger partial charge in [0.1, 0.15) is 0 Å². The van der Waals surface area contributed by atoms with Crippen LogP contribution in [-0.4, -0.2) is 16.4 Å². The maximum absolute atomic E-state index is 12.5. The first-order valence-electron chi connectivity index (χ1n) is 6.10. The van der Waals surface area contributed by atoms with Crippen LogP contribution in [0.2, 0.25) is 0 Å². The van der Waals surface area contributed by atoms with Crippen molar-refractivity contribution in [2.45, 2.75) is 5.54 Å². The molecule has 1 aliphatic heterocycles. The van der Waals surface area contributed by atoms with E-state index in [0.29, 0.717) is 15.5 Å². The minimum absolute atomic E-state index is 0.499. The third kappa shape index (κ3) is 1.69. The molecule has 3 amide bonds. The average molecular weight is 287 g/mol. The van der Waals surface area contributed by atoms with E-state index in [1.165, 1.54) is 0 Å². The molecule has 1 saturated heterocycles. The molecule has 2 aromatic rings. The zero-order chi connectivity index (χ0) is 14.2. The molecule has 0 atom stereocenters. The first-order valence-corrected chi connectivity index (χ1v) is 6.43. The summed E-state index contributed by atoms with van der Waals surface area (Å²) in [6, 6.07) is 17.5. The predicted octanol–water partition coefficient (Wildman–Crippen LogP) is 2.64. The second kappa shape index (κ2) is 4.65. The van der Waals surface area contributed by atoms with Crippen molar-refractivity contribution in [1.29, 1.82) is 0 Å². The summed E-state index contributed by atoms with van der Waals surface area (Å²) in [5, 5.41) is 2.70. The number of amides is 3. The Labute approximate surface area is 121 Å². The van der Waals surface area contributed by atoms with E-state index in [0.717, 1.165) is 0 Å². The van der Waals surface area contributed by atoms with E-state index in [1.807, 2.05) is 36.4 Å². The van der Waals surface area contributed by atoms with Crippen LogP contribution in [0.25, 0.3) is 0 Å². The lowest BCUT2D eigenvalue weighted by atomic mass is 9.83. The van der Waals surface area contributed by atoms with Crippen molar-refractivity contribution in [3.8, 4) is 0 Å². The van der Waals surface area contributed by atoms with E-state index in [2.05, 4.69) is 5.32 Å². The number of carbonyl (C=O) groups is 2. The van der Waals surface area contributed by atoms with Crippen LogP contribution in [0.15, 0.2) is 60.7 Å². The molecule has 1 fully saturated rings. The maximum atomic E-state index is 12.5. The Balaban J connectivity index is 2.25. The Morgan fingerprint density at radius 2 is 1.30 bits per heavy atom. The van der Waals surface area contributed by atoms with Crippen LogP contribution >= 0.6 is 11.8 Å². The molecular formula is C15H11ClN2O2. The van der Waals surface area contributed by atoms with E-state index < -0.39 is 17.5 Å². The monoisotopic (exact) mass is 286 g/mol. The van der Waals surface area contributed by atoms with Gasteiger partial charge in [0.25, 0.3) is 5.91 Å². The molecule has 0 aliphatic carbocycles. The Kier molecular flexibility index (Phi) is 2.95. The van der Waals surface area contributed by atoms with Gasteiger partial charge < -0.3 is 5.32 Å². The molecule has 0 unspecified atom stereocenters. The lowest BCUT2D eigenvalue weighted by Gasteiger charge is -2.27. The molecule has 1 aliphatic rings. The van der Waals surface area contributed by atoms with Gasteiger partial charge in [0.05, 0.1) is 0 Å². The average Bonchev–Trinajstić information content (AvgIpc) is 2.74. The largest absolute Gasteiger partial charge is 0.340 e. The van der Waals surface area contributed by atoms with Gasteiger partial charge in [0.15, 0.2) is 5.54 Å². The van der Waals surface area contributed by atoms with Gasteiger partial charge in [-0.3, -0.25) is 4.79 Å². The fourth-order valence-electron chi connectivity index (χ4n) is 2.44. The van der Waals surface area contributed by atoms with Gasteiger partial charge in [-0.1, -0.05) is 60.7 Å². The summed E-state index contributed by atoms with van der Waals surface area (Å²) >= 11 is 5.77. The number of nitrogens with one attached hydrogen (secondary N) is 1. The van der Waals surface area contributed by atoms with Crippen LogP contribution in [0.1, 0.15) is 11.1 Å². The van der Waals surface area contributed by atoms with Gasteiger partial charge in [-0.25, -0.2) is 4.79 Å². The van der Waals surface area contributed by atoms with Crippen LogP contribution < -0.4 is 5.32 Å². The zero-order valence-electron chi connectivity index (χ0n) is 10.4. The molecular weight excluding hydrogens is 276 g/mol. The summed E-state index contributed by atoms with van der Waals surface area (Å²) in [4.78, 5) is 24.4. The van der Waals surface area contributed by atoms with Gasteiger partial charge in [0, 0.05) is 11.8 Å². The van der Waals surface area contributed by atoms with Crippen LogP contribution in [0.5, 0.6) is 0 Å². The third-order valence-corrected chi connectivity index (χ3v) is 3.69. The maximum Gasteiger partial charge on any atom is 0.340 e. The van der Waals surface area contributed by atoms with Gasteiger partial charge in [-0.05, 0) is 11.1 Å². The molecule has 4 nitrogen and oxygen atoms in total. The van der Waals surface area contributed by atoms with E-state index in [-0.39, 0.29) is 0 Å². The second-order valence-electron chi connectivity index (χ2n) is 4.50. The highest BCUT2D eigenvalue weighted by molar-refractivity contribution is 6.34. The molecule has 0 spiro atoms. The Morgan fingerprint density at radius 1 is 0.850 bits per heavy atom. The van der Waals surface area contributed by atoms with E-state index >= 15 is 0 Å². The van der Waals surface area contributed by atoms with Crippen molar-refractivity contribution in [3.63, 3.8) is 0 Å². The Morgan fingerprint density at radius 3 is 1.65 bits per heavy atom.